The Morgan fingerprint density at radius 3 is 1.48 bits per heavy atom. The Bertz CT molecular complexity index is 662. The fourth-order valence-electron chi connectivity index (χ4n) is 2.14. The first-order valence-corrected chi connectivity index (χ1v) is 9.44. The Kier molecular flexibility index (Phi) is 5.22. The van der Waals surface area contributed by atoms with Gasteiger partial charge in [-0.15, -0.1) is 0 Å². The van der Waals surface area contributed by atoms with Gasteiger partial charge in [-0.25, -0.2) is 0 Å². The SMILES string of the molecule is Cc1cccc([PH](=O)O[PH](=O)c2cccc(C)c2C)c1C. The molecule has 3 nitrogen and oxygen atoms in total. The van der Waals surface area contributed by atoms with E-state index in [2.05, 4.69) is 0 Å². The van der Waals surface area contributed by atoms with E-state index in [4.69, 9.17) is 4.31 Å². The van der Waals surface area contributed by atoms with E-state index < -0.39 is 16.1 Å². The maximum Gasteiger partial charge on any atom is 0.226 e. The summed E-state index contributed by atoms with van der Waals surface area (Å²) in [6.07, 6.45) is 0. The number of benzene rings is 2. The van der Waals surface area contributed by atoms with E-state index in [0.717, 1.165) is 22.3 Å². The maximum absolute atomic E-state index is 12.4. The normalized spacial score (nSPS) is 13.9. The van der Waals surface area contributed by atoms with Crippen LogP contribution < -0.4 is 10.6 Å². The number of hydrogen-bond acceptors (Lipinski definition) is 3. The van der Waals surface area contributed by atoms with Crippen LogP contribution in [-0.2, 0) is 13.4 Å². The lowest BCUT2D eigenvalue weighted by Crippen LogP contribution is -2.07. The Morgan fingerprint density at radius 1 is 0.714 bits per heavy atom. The van der Waals surface area contributed by atoms with Crippen LogP contribution in [0.25, 0.3) is 0 Å². The molecule has 2 unspecified atom stereocenters. The smallest absolute Gasteiger partial charge is 0.226 e. The molecule has 0 aliphatic rings. The Hall–Kier alpha value is -1.14. The van der Waals surface area contributed by atoms with Crippen molar-refractivity contribution in [3.63, 3.8) is 0 Å². The fraction of sp³-hybridized carbons (Fsp3) is 0.250. The third-order valence-corrected chi connectivity index (χ3v) is 7.28. The summed E-state index contributed by atoms with van der Waals surface area (Å²) >= 11 is 0. The number of hydrogen-bond donors (Lipinski definition) is 0. The molecule has 0 N–H and O–H groups in total. The van der Waals surface area contributed by atoms with Gasteiger partial charge in [-0.05, 0) is 62.1 Å². The van der Waals surface area contributed by atoms with Crippen LogP contribution in [-0.4, -0.2) is 0 Å². The van der Waals surface area contributed by atoms with Crippen molar-refractivity contribution in [3.8, 4) is 0 Å². The lowest BCUT2D eigenvalue weighted by molar-refractivity contribution is 0.501. The number of rotatable bonds is 4. The molecule has 0 amide bonds. The highest BCUT2D eigenvalue weighted by Gasteiger charge is 2.15. The van der Waals surface area contributed by atoms with Crippen molar-refractivity contribution in [3.05, 3.63) is 58.7 Å². The molecular weight excluding hydrogens is 302 g/mol. The predicted molar refractivity (Wildman–Crippen MR) is 90.2 cm³/mol. The van der Waals surface area contributed by atoms with Crippen LogP contribution in [0, 0.1) is 27.7 Å². The van der Waals surface area contributed by atoms with Crippen LogP contribution >= 0.6 is 16.1 Å². The first-order chi connectivity index (χ1) is 9.91. The summed E-state index contributed by atoms with van der Waals surface area (Å²) in [5, 5.41) is 1.31. The molecule has 0 spiro atoms. The van der Waals surface area contributed by atoms with Crippen molar-refractivity contribution in [2.75, 3.05) is 0 Å². The van der Waals surface area contributed by atoms with Gasteiger partial charge >= 0.3 is 0 Å². The van der Waals surface area contributed by atoms with Gasteiger partial charge in [0.1, 0.15) is 0 Å². The second kappa shape index (κ2) is 6.75. The van der Waals surface area contributed by atoms with Crippen molar-refractivity contribution >= 4 is 26.7 Å². The van der Waals surface area contributed by atoms with Gasteiger partial charge in [0.15, 0.2) is 0 Å². The van der Waals surface area contributed by atoms with Crippen LogP contribution in [0.4, 0.5) is 0 Å². The Balaban J connectivity index is 2.25. The molecule has 0 aromatic heterocycles. The minimum absolute atomic E-state index is 0.656. The van der Waals surface area contributed by atoms with Gasteiger partial charge in [-0.3, -0.25) is 13.4 Å². The van der Waals surface area contributed by atoms with E-state index in [0.29, 0.717) is 10.6 Å². The largest absolute Gasteiger partial charge is 0.291 e. The van der Waals surface area contributed by atoms with Gasteiger partial charge in [0, 0.05) is 10.6 Å². The summed E-state index contributed by atoms with van der Waals surface area (Å²) in [6.45, 7) is 7.74. The maximum atomic E-state index is 12.4. The first kappa shape index (κ1) is 16.2. The van der Waals surface area contributed by atoms with E-state index in [-0.39, 0.29) is 0 Å². The molecule has 2 aromatic carbocycles. The molecule has 2 rings (SSSR count). The summed E-state index contributed by atoms with van der Waals surface area (Å²) in [5.41, 5.74) is 4.00. The minimum Gasteiger partial charge on any atom is -0.291 e. The van der Waals surface area contributed by atoms with Crippen LogP contribution in [0.3, 0.4) is 0 Å². The standard InChI is InChI=1S/C16H20O3P2/c1-11-7-5-9-15(13(11)3)20(17)19-21(18)16-10-6-8-12(2)14(16)4/h5-10,20-21H,1-4H3. The summed E-state index contributed by atoms with van der Waals surface area (Å²) in [7, 11) is -5.02. The van der Waals surface area contributed by atoms with Gasteiger partial charge in [-0.1, -0.05) is 24.3 Å². The van der Waals surface area contributed by atoms with Gasteiger partial charge < -0.3 is 0 Å². The molecule has 0 saturated carbocycles. The highest BCUT2D eigenvalue weighted by Crippen LogP contribution is 2.38. The van der Waals surface area contributed by atoms with Gasteiger partial charge in [0.25, 0.3) is 0 Å². The molecule has 2 aromatic rings. The second-order valence-electron chi connectivity index (χ2n) is 5.17. The molecule has 5 heteroatoms. The van der Waals surface area contributed by atoms with E-state index in [1.165, 1.54) is 0 Å². The molecule has 0 aliphatic heterocycles. The quantitative estimate of drug-likeness (QED) is 0.803. The Labute approximate surface area is 127 Å². The van der Waals surface area contributed by atoms with Crippen molar-refractivity contribution < 1.29 is 13.4 Å². The van der Waals surface area contributed by atoms with Crippen molar-refractivity contribution in [2.24, 2.45) is 0 Å². The van der Waals surface area contributed by atoms with E-state index in [1.807, 2.05) is 52.0 Å². The molecule has 112 valence electrons. The summed E-state index contributed by atoms with van der Waals surface area (Å²) < 4.78 is 30.2. The molecule has 0 heterocycles. The van der Waals surface area contributed by atoms with Crippen LogP contribution in [0.2, 0.25) is 0 Å². The second-order valence-corrected chi connectivity index (χ2v) is 8.22. The first-order valence-electron chi connectivity index (χ1n) is 6.80. The molecule has 0 bridgehead atoms. The van der Waals surface area contributed by atoms with Gasteiger partial charge in [0.05, 0.1) is 0 Å². The van der Waals surface area contributed by atoms with Crippen LogP contribution in [0.1, 0.15) is 22.3 Å². The summed E-state index contributed by atoms with van der Waals surface area (Å²) in [4.78, 5) is 0. The van der Waals surface area contributed by atoms with Gasteiger partial charge in [-0.2, -0.15) is 0 Å². The summed E-state index contributed by atoms with van der Waals surface area (Å²) in [5.74, 6) is 0. The van der Waals surface area contributed by atoms with Crippen LogP contribution in [0.15, 0.2) is 36.4 Å². The molecule has 0 radical (unpaired) electrons. The van der Waals surface area contributed by atoms with Crippen molar-refractivity contribution in [2.45, 2.75) is 27.7 Å². The average molecular weight is 322 g/mol. The highest BCUT2D eigenvalue weighted by atomic mass is 31.2. The molecular formula is C16H20O3P2. The van der Waals surface area contributed by atoms with E-state index in [9.17, 15) is 9.13 Å². The van der Waals surface area contributed by atoms with Crippen molar-refractivity contribution in [1.82, 2.24) is 0 Å². The zero-order valence-electron chi connectivity index (χ0n) is 12.7. The highest BCUT2D eigenvalue weighted by molar-refractivity contribution is 7.61. The molecule has 0 aliphatic carbocycles. The topological polar surface area (TPSA) is 43.4 Å². The average Bonchev–Trinajstić information content (AvgIpc) is 2.44. The minimum atomic E-state index is -2.51. The number of aryl methyl sites for hydroxylation is 2. The predicted octanol–water partition coefficient (Wildman–Crippen LogP) is 3.84. The molecule has 21 heavy (non-hydrogen) atoms. The van der Waals surface area contributed by atoms with E-state index >= 15 is 0 Å². The zero-order valence-corrected chi connectivity index (χ0v) is 14.7. The molecule has 2 atom stereocenters. The molecule has 0 fully saturated rings. The third-order valence-electron chi connectivity index (χ3n) is 3.83. The van der Waals surface area contributed by atoms with E-state index in [1.54, 1.807) is 12.1 Å². The zero-order chi connectivity index (χ0) is 15.6. The van der Waals surface area contributed by atoms with Gasteiger partial charge in [0.2, 0.25) is 16.1 Å². The lowest BCUT2D eigenvalue weighted by Gasteiger charge is -2.11. The molecule has 0 saturated heterocycles. The monoisotopic (exact) mass is 322 g/mol. The Morgan fingerprint density at radius 2 is 1.10 bits per heavy atom. The third kappa shape index (κ3) is 3.55. The van der Waals surface area contributed by atoms with Crippen molar-refractivity contribution in [1.29, 1.82) is 0 Å². The fourth-order valence-corrected chi connectivity index (χ4v) is 5.16. The summed E-state index contributed by atoms with van der Waals surface area (Å²) in [6, 6.07) is 11.2. The van der Waals surface area contributed by atoms with Crippen LogP contribution in [0.5, 0.6) is 0 Å². The lowest BCUT2D eigenvalue weighted by atomic mass is 10.1.